The van der Waals surface area contributed by atoms with Crippen LogP contribution in [-0.4, -0.2) is 70.2 Å². The summed E-state index contributed by atoms with van der Waals surface area (Å²) in [6, 6.07) is 5.33. The molecule has 0 saturated carbocycles. The van der Waals surface area contributed by atoms with E-state index in [4.69, 9.17) is 9.47 Å². The van der Waals surface area contributed by atoms with Gasteiger partial charge >= 0.3 is 0 Å². The van der Waals surface area contributed by atoms with Gasteiger partial charge in [-0.2, -0.15) is 4.31 Å². The molecule has 2 rings (SSSR count). The second-order valence-corrected chi connectivity index (χ2v) is 7.38. The van der Waals surface area contributed by atoms with Crippen LogP contribution in [0.15, 0.2) is 18.2 Å². The van der Waals surface area contributed by atoms with E-state index in [0.717, 1.165) is 5.56 Å². The van der Waals surface area contributed by atoms with Gasteiger partial charge in [0.15, 0.2) is 0 Å². The zero-order chi connectivity index (χ0) is 17.0. The predicted octanol–water partition coefficient (Wildman–Crippen LogP) is 0.350. The van der Waals surface area contributed by atoms with E-state index in [2.05, 4.69) is 0 Å². The number of nitrogens with zero attached hydrogens (tertiary/aromatic N) is 2. The van der Waals surface area contributed by atoms with E-state index in [1.165, 1.54) is 10.6 Å². The van der Waals surface area contributed by atoms with Crippen molar-refractivity contribution < 1.29 is 22.7 Å². The Bertz CT molecular complexity index is 666. The Kier molecular flexibility index (Phi) is 5.48. The monoisotopic (exact) mass is 342 g/mol. The minimum absolute atomic E-state index is 0.0402. The van der Waals surface area contributed by atoms with Gasteiger partial charge in [0, 0.05) is 37.8 Å². The zero-order valence-corrected chi connectivity index (χ0v) is 14.4. The number of hydrogen-bond acceptors (Lipinski definition) is 5. The maximum atomic E-state index is 12.4. The van der Waals surface area contributed by atoms with Gasteiger partial charge in [0.05, 0.1) is 26.9 Å². The number of amides is 1. The first kappa shape index (κ1) is 17.6. The van der Waals surface area contributed by atoms with Crippen molar-refractivity contribution in [3.05, 3.63) is 23.8 Å². The van der Waals surface area contributed by atoms with Crippen molar-refractivity contribution in [2.75, 3.05) is 46.7 Å². The molecule has 1 fully saturated rings. The average molecular weight is 342 g/mol. The summed E-state index contributed by atoms with van der Waals surface area (Å²) in [6.45, 7) is 1.49. The van der Waals surface area contributed by atoms with Gasteiger partial charge in [0.25, 0.3) is 0 Å². The van der Waals surface area contributed by atoms with Crippen LogP contribution in [0.4, 0.5) is 0 Å². The fourth-order valence-corrected chi connectivity index (χ4v) is 3.37. The van der Waals surface area contributed by atoms with Crippen LogP contribution in [0, 0.1) is 0 Å². The lowest BCUT2D eigenvalue weighted by Gasteiger charge is -2.33. The van der Waals surface area contributed by atoms with Crippen LogP contribution in [0.1, 0.15) is 5.56 Å². The van der Waals surface area contributed by atoms with Crippen molar-refractivity contribution in [2.45, 2.75) is 6.42 Å². The van der Waals surface area contributed by atoms with Crippen molar-refractivity contribution in [3.63, 3.8) is 0 Å². The Hall–Kier alpha value is -1.80. The molecule has 0 aromatic heterocycles. The van der Waals surface area contributed by atoms with Crippen LogP contribution < -0.4 is 9.47 Å². The van der Waals surface area contributed by atoms with Crippen LogP contribution in [-0.2, 0) is 21.2 Å². The fourth-order valence-electron chi connectivity index (χ4n) is 2.54. The van der Waals surface area contributed by atoms with Gasteiger partial charge in [-0.1, -0.05) is 6.07 Å². The Morgan fingerprint density at radius 3 is 2.30 bits per heavy atom. The highest BCUT2D eigenvalue weighted by Crippen LogP contribution is 2.25. The summed E-state index contributed by atoms with van der Waals surface area (Å²) >= 11 is 0. The van der Waals surface area contributed by atoms with E-state index in [1.807, 2.05) is 6.07 Å². The molecule has 0 unspecified atom stereocenters. The van der Waals surface area contributed by atoms with Gasteiger partial charge < -0.3 is 14.4 Å². The second kappa shape index (κ2) is 7.18. The molecule has 0 atom stereocenters. The quantitative estimate of drug-likeness (QED) is 0.772. The lowest BCUT2D eigenvalue weighted by atomic mass is 10.1. The third kappa shape index (κ3) is 4.35. The van der Waals surface area contributed by atoms with E-state index < -0.39 is 10.0 Å². The number of benzene rings is 1. The van der Waals surface area contributed by atoms with Crippen molar-refractivity contribution in [3.8, 4) is 11.5 Å². The zero-order valence-electron chi connectivity index (χ0n) is 13.6. The topological polar surface area (TPSA) is 76.2 Å². The Balaban J connectivity index is 2.01. The van der Waals surface area contributed by atoms with E-state index in [1.54, 1.807) is 31.3 Å². The Labute approximate surface area is 136 Å². The van der Waals surface area contributed by atoms with Crippen LogP contribution >= 0.6 is 0 Å². The molecule has 7 nitrogen and oxygen atoms in total. The first-order valence-corrected chi connectivity index (χ1v) is 9.13. The standard InChI is InChI=1S/C15H22N2O5S/c1-21-13-5-4-12(14(11-13)22-2)10-15(18)16-6-8-17(9-7-16)23(3,19)20/h4-5,11H,6-10H2,1-3H3. The van der Waals surface area contributed by atoms with E-state index in [9.17, 15) is 13.2 Å². The lowest BCUT2D eigenvalue weighted by Crippen LogP contribution is -2.50. The SMILES string of the molecule is COc1ccc(CC(=O)N2CCN(S(C)(=O)=O)CC2)c(OC)c1. The minimum atomic E-state index is -3.19. The van der Waals surface area contributed by atoms with Crippen molar-refractivity contribution >= 4 is 15.9 Å². The molecule has 23 heavy (non-hydrogen) atoms. The number of hydrogen-bond donors (Lipinski definition) is 0. The summed E-state index contributed by atoms with van der Waals surface area (Å²) < 4.78 is 34.8. The molecule has 0 spiro atoms. The fraction of sp³-hybridized carbons (Fsp3) is 0.533. The number of carbonyl (C=O) groups is 1. The summed E-state index contributed by atoms with van der Waals surface area (Å²) in [5, 5.41) is 0. The number of ether oxygens (including phenoxy) is 2. The molecule has 128 valence electrons. The van der Waals surface area contributed by atoms with Crippen molar-refractivity contribution in [1.82, 2.24) is 9.21 Å². The van der Waals surface area contributed by atoms with Gasteiger partial charge in [0.2, 0.25) is 15.9 Å². The van der Waals surface area contributed by atoms with Crippen LogP contribution in [0.3, 0.4) is 0 Å². The molecular weight excluding hydrogens is 320 g/mol. The molecule has 0 radical (unpaired) electrons. The smallest absolute Gasteiger partial charge is 0.227 e. The maximum absolute atomic E-state index is 12.4. The Morgan fingerprint density at radius 2 is 1.78 bits per heavy atom. The number of rotatable bonds is 5. The first-order valence-electron chi connectivity index (χ1n) is 7.29. The largest absolute Gasteiger partial charge is 0.497 e. The lowest BCUT2D eigenvalue weighted by molar-refractivity contribution is -0.131. The molecule has 1 aromatic rings. The third-order valence-corrected chi connectivity index (χ3v) is 5.20. The number of piperazine rings is 1. The number of sulfonamides is 1. The second-order valence-electron chi connectivity index (χ2n) is 5.40. The highest BCUT2D eigenvalue weighted by molar-refractivity contribution is 7.88. The van der Waals surface area contributed by atoms with Crippen LogP contribution in [0.25, 0.3) is 0 Å². The summed E-state index contributed by atoms with van der Waals surface area (Å²) in [5.74, 6) is 1.23. The molecular formula is C15H22N2O5S. The molecule has 0 bridgehead atoms. The molecule has 1 aliphatic rings. The van der Waals surface area contributed by atoms with Crippen molar-refractivity contribution in [2.24, 2.45) is 0 Å². The number of methoxy groups -OCH3 is 2. The van der Waals surface area contributed by atoms with Gasteiger partial charge in [-0.25, -0.2) is 8.42 Å². The predicted molar refractivity (Wildman–Crippen MR) is 86.2 cm³/mol. The highest BCUT2D eigenvalue weighted by atomic mass is 32.2. The van der Waals surface area contributed by atoms with Crippen LogP contribution in [0.2, 0.25) is 0 Å². The Morgan fingerprint density at radius 1 is 1.13 bits per heavy atom. The van der Waals surface area contributed by atoms with E-state index >= 15 is 0 Å². The maximum Gasteiger partial charge on any atom is 0.227 e. The highest BCUT2D eigenvalue weighted by Gasteiger charge is 2.26. The molecule has 0 aliphatic carbocycles. The molecule has 1 saturated heterocycles. The van der Waals surface area contributed by atoms with Gasteiger partial charge in [-0.3, -0.25) is 4.79 Å². The molecule has 1 heterocycles. The van der Waals surface area contributed by atoms with Gasteiger partial charge in [-0.15, -0.1) is 0 Å². The van der Waals surface area contributed by atoms with E-state index in [-0.39, 0.29) is 12.3 Å². The van der Waals surface area contributed by atoms with Crippen LogP contribution in [0.5, 0.6) is 11.5 Å². The normalized spacial score (nSPS) is 16.2. The summed E-state index contributed by atoms with van der Waals surface area (Å²) in [5.41, 5.74) is 0.781. The summed E-state index contributed by atoms with van der Waals surface area (Å²) in [6.07, 6.45) is 1.40. The molecule has 1 aliphatic heterocycles. The first-order chi connectivity index (χ1) is 10.8. The average Bonchev–Trinajstić information content (AvgIpc) is 2.54. The summed E-state index contributed by atoms with van der Waals surface area (Å²) in [7, 11) is -0.0713. The van der Waals surface area contributed by atoms with E-state index in [0.29, 0.717) is 37.7 Å². The number of carbonyl (C=O) groups excluding carboxylic acids is 1. The van der Waals surface area contributed by atoms with Crippen molar-refractivity contribution in [1.29, 1.82) is 0 Å². The third-order valence-electron chi connectivity index (χ3n) is 3.90. The van der Waals surface area contributed by atoms with Gasteiger partial charge in [0.1, 0.15) is 11.5 Å². The summed E-state index contributed by atoms with van der Waals surface area (Å²) in [4.78, 5) is 14.1. The minimum Gasteiger partial charge on any atom is -0.497 e. The molecule has 8 heteroatoms. The molecule has 0 N–H and O–H groups in total. The van der Waals surface area contributed by atoms with Gasteiger partial charge in [-0.05, 0) is 6.07 Å². The molecule has 1 aromatic carbocycles. The molecule has 1 amide bonds.